The Morgan fingerprint density at radius 3 is 2.70 bits per heavy atom. The predicted molar refractivity (Wildman–Crippen MR) is 68.6 cm³/mol. The van der Waals surface area contributed by atoms with E-state index in [9.17, 15) is 13.2 Å². The summed E-state index contributed by atoms with van der Waals surface area (Å²) in [6.07, 6.45) is 3.12. The fraction of sp³-hybridized carbons (Fsp3) is 0.167. The van der Waals surface area contributed by atoms with Crippen LogP contribution in [0.5, 0.6) is 0 Å². The molecule has 0 fully saturated rings. The lowest BCUT2D eigenvalue weighted by Gasteiger charge is -2.12. The molecule has 2 rings (SSSR count). The molecule has 8 heteroatoms. The SMILES string of the molecule is C[C@@H](NS(=O)(=O)c1ccc(C(=O)O)o1)c1cccnc1. The minimum Gasteiger partial charge on any atom is -0.475 e. The van der Waals surface area contributed by atoms with Gasteiger partial charge in [0.15, 0.2) is 0 Å². The summed E-state index contributed by atoms with van der Waals surface area (Å²) >= 11 is 0. The van der Waals surface area contributed by atoms with Gasteiger partial charge in [-0.25, -0.2) is 17.9 Å². The molecule has 0 saturated heterocycles. The molecule has 2 aromatic rings. The van der Waals surface area contributed by atoms with Gasteiger partial charge in [-0.1, -0.05) is 6.07 Å². The van der Waals surface area contributed by atoms with Crippen molar-refractivity contribution in [2.24, 2.45) is 0 Å². The maximum Gasteiger partial charge on any atom is 0.371 e. The largest absolute Gasteiger partial charge is 0.475 e. The summed E-state index contributed by atoms with van der Waals surface area (Å²) in [5.74, 6) is -1.76. The van der Waals surface area contributed by atoms with Crippen LogP contribution in [0.3, 0.4) is 0 Å². The highest BCUT2D eigenvalue weighted by molar-refractivity contribution is 7.89. The number of carboxylic acids is 1. The third kappa shape index (κ3) is 3.03. The molecule has 0 spiro atoms. The lowest BCUT2D eigenvalue weighted by atomic mass is 10.2. The van der Waals surface area contributed by atoms with Crippen LogP contribution in [0.15, 0.2) is 46.2 Å². The fourth-order valence-corrected chi connectivity index (χ4v) is 2.73. The van der Waals surface area contributed by atoms with Crippen molar-refractivity contribution in [3.05, 3.63) is 48.0 Å². The number of aromatic nitrogens is 1. The number of sulfonamides is 1. The smallest absolute Gasteiger partial charge is 0.371 e. The Balaban J connectivity index is 2.20. The highest BCUT2D eigenvalue weighted by atomic mass is 32.2. The van der Waals surface area contributed by atoms with Crippen LogP contribution in [-0.4, -0.2) is 24.5 Å². The molecule has 0 radical (unpaired) electrons. The number of rotatable bonds is 5. The van der Waals surface area contributed by atoms with E-state index < -0.39 is 32.9 Å². The molecule has 20 heavy (non-hydrogen) atoms. The quantitative estimate of drug-likeness (QED) is 0.863. The molecule has 0 unspecified atom stereocenters. The molecule has 2 heterocycles. The first-order chi connectivity index (χ1) is 9.40. The summed E-state index contributed by atoms with van der Waals surface area (Å²) in [6, 6.07) is 5.08. The maximum absolute atomic E-state index is 12.0. The van der Waals surface area contributed by atoms with Crippen LogP contribution in [0, 0.1) is 0 Å². The number of hydrogen-bond acceptors (Lipinski definition) is 5. The van der Waals surface area contributed by atoms with Gasteiger partial charge < -0.3 is 9.52 Å². The molecule has 2 aromatic heterocycles. The van der Waals surface area contributed by atoms with E-state index in [4.69, 9.17) is 9.52 Å². The number of nitrogens with one attached hydrogen (secondary N) is 1. The number of carboxylic acid groups (broad SMARTS) is 1. The zero-order valence-corrected chi connectivity index (χ0v) is 11.3. The summed E-state index contributed by atoms with van der Waals surface area (Å²) in [6.45, 7) is 1.65. The number of aromatic carboxylic acids is 1. The number of carbonyl (C=O) groups is 1. The Bertz CT molecular complexity index is 708. The van der Waals surface area contributed by atoms with Gasteiger partial charge in [-0.05, 0) is 30.7 Å². The van der Waals surface area contributed by atoms with Crippen LogP contribution in [0.25, 0.3) is 0 Å². The Morgan fingerprint density at radius 1 is 1.40 bits per heavy atom. The first-order valence-electron chi connectivity index (χ1n) is 5.65. The molecule has 106 valence electrons. The van der Waals surface area contributed by atoms with Gasteiger partial charge in [-0.2, -0.15) is 0 Å². The summed E-state index contributed by atoms with van der Waals surface area (Å²) in [7, 11) is -3.93. The number of hydrogen-bond donors (Lipinski definition) is 2. The van der Waals surface area contributed by atoms with Crippen molar-refractivity contribution in [2.45, 2.75) is 18.1 Å². The van der Waals surface area contributed by atoms with Gasteiger partial charge in [0.1, 0.15) is 0 Å². The minimum absolute atomic E-state index is 0.431. The van der Waals surface area contributed by atoms with E-state index in [0.717, 1.165) is 12.1 Å². The van der Waals surface area contributed by atoms with Crippen LogP contribution in [-0.2, 0) is 10.0 Å². The van der Waals surface area contributed by atoms with Gasteiger partial charge in [0.05, 0.1) is 0 Å². The zero-order chi connectivity index (χ0) is 14.8. The monoisotopic (exact) mass is 296 g/mol. The highest BCUT2D eigenvalue weighted by Gasteiger charge is 2.23. The molecule has 2 N–H and O–H groups in total. The number of pyridine rings is 1. The van der Waals surface area contributed by atoms with Crippen molar-refractivity contribution in [3.8, 4) is 0 Å². The predicted octanol–water partition coefficient (Wildman–Crippen LogP) is 1.41. The van der Waals surface area contributed by atoms with Crippen molar-refractivity contribution in [1.82, 2.24) is 9.71 Å². The van der Waals surface area contributed by atoms with Gasteiger partial charge in [0.2, 0.25) is 10.9 Å². The molecule has 0 amide bonds. The highest BCUT2D eigenvalue weighted by Crippen LogP contribution is 2.18. The van der Waals surface area contributed by atoms with Gasteiger partial charge in [0.25, 0.3) is 10.0 Å². The Hall–Kier alpha value is -2.19. The molecule has 1 atom stereocenters. The second-order valence-electron chi connectivity index (χ2n) is 4.05. The van der Waals surface area contributed by atoms with E-state index in [1.54, 1.807) is 25.3 Å². The topological polar surface area (TPSA) is 110 Å². The van der Waals surface area contributed by atoms with E-state index in [-0.39, 0.29) is 0 Å². The normalized spacial score (nSPS) is 13.1. The average Bonchev–Trinajstić information content (AvgIpc) is 2.90. The van der Waals surface area contributed by atoms with Gasteiger partial charge in [-0.3, -0.25) is 4.98 Å². The summed E-state index contributed by atoms with van der Waals surface area (Å²) in [5, 5.41) is 8.27. The van der Waals surface area contributed by atoms with Crippen molar-refractivity contribution in [1.29, 1.82) is 0 Å². The van der Waals surface area contributed by atoms with Gasteiger partial charge in [0, 0.05) is 18.4 Å². The minimum atomic E-state index is -3.93. The van der Waals surface area contributed by atoms with E-state index in [1.165, 1.54) is 6.20 Å². The van der Waals surface area contributed by atoms with Crippen LogP contribution in [0.2, 0.25) is 0 Å². The first-order valence-corrected chi connectivity index (χ1v) is 7.14. The van der Waals surface area contributed by atoms with E-state index in [0.29, 0.717) is 5.56 Å². The second-order valence-corrected chi connectivity index (χ2v) is 5.70. The van der Waals surface area contributed by atoms with Gasteiger partial charge >= 0.3 is 5.97 Å². The van der Waals surface area contributed by atoms with Crippen molar-refractivity contribution in [2.75, 3.05) is 0 Å². The zero-order valence-electron chi connectivity index (χ0n) is 10.5. The average molecular weight is 296 g/mol. The molecule has 0 saturated carbocycles. The van der Waals surface area contributed by atoms with E-state index in [2.05, 4.69) is 9.71 Å². The third-order valence-electron chi connectivity index (χ3n) is 2.57. The molecular formula is C12H12N2O5S. The van der Waals surface area contributed by atoms with Crippen LogP contribution in [0.1, 0.15) is 29.1 Å². The fourth-order valence-electron chi connectivity index (χ4n) is 1.57. The second kappa shape index (κ2) is 5.43. The Labute approximate surface area is 115 Å². The Kier molecular flexibility index (Phi) is 3.86. The molecule has 0 aliphatic heterocycles. The summed E-state index contributed by atoms with van der Waals surface area (Å²) < 4.78 is 31.2. The number of furan rings is 1. The third-order valence-corrected chi connectivity index (χ3v) is 3.99. The lowest BCUT2D eigenvalue weighted by molar-refractivity contribution is 0.0656. The maximum atomic E-state index is 12.0. The van der Waals surface area contributed by atoms with Crippen molar-refractivity contribution < 1.29 is 22.7 Å². The van der Waals surface area contributed by atoms with Crippen molar-refractivity contribution >= 4 is 16.0 Å². The summed E-state index contributed by atoms with van der Waals surface area (Å²) in [5.41, 5.74) is 0.682. The molecule has 0 aromatic carbocycles. The summed E-state index contributed by atoms with van der Waals surface area (Å²) in [4.78, 5) is 14.6. The molecule has 0 bridgehead atoms. The Morgan fingerprint density at radius 2 is 2.15 bits per heavy atom. The molecule has 0 aliphatic rings. The molecule has 0 aliphatic carbocycles. The van der Waals surface area contributed by atoms with Gasteiger partial charge in [-0.15, -0.1) is 0 Å². The standard InChI is InChI=1S/C12H12N2O5S/c1-8(9-3-2-6-13-7-9)14-20(17,18)11-5-4-10(19-11)12(15)16/h2-8,14H,1H3,(H,15,16)/t8-/m1/s1. The van der Waals surface area contributed by atoms with Crippen LogP contribution in [0.4, 0.5) is 0 Å². The number of nitrogens with zero attached hydrogens (tertiary/aromatic N) is 1. The lowest BCUT2D eigenvalue weighted by Crippen LogP contribution is -2.26. The molecular weight excluding hydrogens is 284 g/mol. The van der Waals surface area contributed by atoms with E-state index >= 15 is 0 Å². The van der Waals surface area contributed by atoms with E-state index in [1.807, 2.05) is 0 Å². The van der Waals surface area contributed by atoms with Crippen LogP contribution < -0.4 is 4.72 Å². The van der Waals surface area contributed by atoms with Crippen molar-refractivity contribution in [3.63, 3.8) is 0 Å². The molecule has 7 nitrogen and oxygen atoms in total. The van der Waals surface area contributed by atoms with Crippen LogP contribution >= 0.6 is 0 Å². The first kappa shape index (κ1) is 14.2.